The second-order valence-corrected chi connectivity index (χ2v) is 4.42. The third-order valence-corrected chi connectivity index (χ3v) is 2.50. The standard InChI is InChI=1S/C14H19N3O3/c1-4-13(18)16-11-9-10(14(15)19)5-6-12(11)20-8-7-17(2)3/h4-6,9H,1,7-8H2,2-3H3,(H2,15,19)(H,16,18). The van der Waals surface area contributed by atoms with Gasteiger partial charge in [-0.1, -0.05) is 6.58 Å². The fourth-order valence-corrected chi connectivity index (χ4v) is 1.43. The molecule has 0 bridgehead atoms. The zero-order valence-corrected chi connectivity index (χ0v) is 11.7. The first-order chi connectivity index (χ1) is 9.43. The van der Waals surface area contributed by atoms with E-state index in [1.807, 2.05) is 19.0 Å². The minimum atomic E-state index is -0.570. The first-order valence-electron chi connectivity index (χ1n) is 6.09. The number of primary amides is 1. The van der Waals surface area contributed by atoms with Gasteiger partial charge in [-0.15, -0.1) is 0 Å². The summed E-state index contributed by atoms with van der Waals surface area (Å²) >= 11 is 0. The number of amides is 2. The number of likely N-dealkylation sites (N-methyl/N-ethyl adjacent to an activating group) is 1. The van der Waals surface area contributed by atoms with E-state index in [2.05, 4.69) is 11.9 Å². The van der Waals surface area contributed by atoms with Crippen LogP contribution in [0.1, 0.15) is 10.4 Å². The third-order valence-electron chi connectivity index (χ3n) is 2.50. The maximum absolute atomic E-state index is 11.4. The van der Waals surface area contributed by atoms with Crippen molar-refractivity contribution in [1.82, 2.24) is 4.90 Å². The molecule has 6 heteroatoms. The van der Waals surface area contributed by atoms with Crippen molar-refractivity contribution in [3.05, 3.63) is 36.4 Å². The van der Waals surface area contributed by atoms with Crippen molar-refractivity contribution >= 4 is 17.5 Å². The van der Waals surface area contributed by atoms with Crippen LogP contribution in [0.15, 0.2) is 30.9 Å². The molecule has 2 amide bonds. The Hall–Kier alpha value is -2.34. The summed E-state index contributed by atoms with van der Waals surface area (Å²) in [5.74, 6) is -0.477. The van der Waals surface area contributed by atoms with Gasteiger partial charge in [0.25, 0.3) is 0 Å². The summed E-state index contributed by atoms with van der Waals surface area (Å²) in [5, 5.41) is 2.59. The molecule has 0 aromatic heterocycles. The van der Waals surface area contributed by atoms with Crippen molar-refractivity contribution in [1.29, 1.82) is 0 Å². The molecule has 0 unspecified atom stereocenters. The molecule has 0 saturated heterocycles. The Morgan fingerprint density at radius 3 is 2.70 bits per heavy atom. The molecular formula is C14H19N3O3. The topological polar surface area (TPSA) is 84.7 Å². The monoisotopic (exact) mass is 277 g/mol. The van der Waals surface area contributed by atoms with Gasteiger partial charge >= 0.3 is 0 Å². The smallest absolute Gasteiger partial charge is 0.248 e. The molecule has 0 aliphatic heterocycles. The molecule has 0 aliphatic carbocycles. The molecule has 20 heavy (non-hydrogen) atoms. The van der Waals surface area contributed by atoms with Gasteiger partial charge in [0.05, 0.1) is 5.69 Å². The van der Waals surface area contributed by atoms with Crippen LogP contribution in [0.5, 0.6) is 5.75 Å². The molecule has 1 rings (SSSR count). The quantitative estimate of drug-likeness (QED) is 0.724. The first-order valence-corrected chi connectivity index (χ1v) is 6.09. The predicted molar refractivity (Wildman–Crippen MR) is 77.8 cm³/mol. The Kier molecular flexibility index (Phi) is 5.74. The van der Waals surface area contributed by atoms with E-state index in [1.165, 1.54) is 6.07 Å². The summed E-state index contributed by atoms with van der Waals surface area (Å²) in [7, 11) is 3.86. The van der Waals surface area contributed by atoms with Gasteiger partial charge in [-0.05, 0) is 38.4 Å². The minimum Gasteiger partial charge on any atom is -0.490 e. The molecule has 0 radical (unpaired) electrons. The van der Waals surface area contributed by atoms with Crippen LogP contribution in [0.25, 0.3) is 0 Å². The number of carbonyl (C=O) groups excluding carboxylic acids is 2. The van der Waals surface area contributed by atoms with E-state index in [9.17, 15) is 9.59 Å². The van der Waals surface area contributed by atoms with Crippen LogP contribution >= 0.6 is 0 Å². The molecule has 0 heterocycles. The van der Waals surface area contributed by atoms with Crippen LogP contribution in [0.2, 0.25) is 0 Å². The summed E-state index contributed by atoms with van der Waals surface area (Å²) in [6.07, 6.45) is 1.14. The second-order valence-electron chi connectivity index (χ2n) is 4.42. The highest BCUT2D eigenvalue weighted by Gasteiger charge is 2.10. The zero-order valence-electron chi connectivity index (χ0n) is 11.7. The number of carbonyl (C=O) groups is 2. The highest BCUT2D eigenvalue weighted by molar-refractivity contribution is 6.01. The molecule has 0 fully saturated rings. The Bertz CT molecular complexity index is 512. The Balaban J connectivity index is 2.93. The predicted octanol–water partition coefficient (Wildman–Crippen LogP) is 0.850. The van der Waals surface area contributed by atoms with Crippen molar-refractivity contribution < 1.29 is 14.3 Å². The summed E-state index contributed by atoms with van der Waals surface area (Å²) in [4.78, 5) is 24.5. The van der Waals surface area contributed by atoms with E-state index >= 15 is 0 Å². The molecule has 0 spiro atoms. The summed E-state index contributed by atoms with van der Waals surface area (Å²) in [5.41, 5.74) is 5.91. The van der Waals surface area contributed by atoms with E-state index in [0.29, 0.717) is 23.6 Å². The van der Waals surface area contributed by atoms with Gasteiger partial charge in [-0.2, -0.15) is 0 Å². The van der Waals surface area contributed by atoms with Gasteiger partial charge in [0.2, 0.25) is 11.8 Å². The van der Waals surface area contributed by atoms with Crippen molar-refractivity contribution in [2.24, 2.45) is 5.73 Å². The lowest BCUT2D eigenvalue weighted by molar-refractivity contribution is -0.111. The lowest BCUT2D eigenvalue weighted by Gasteiger charge is -2.14. The number of nitrogens with two attached hydrogens (primary N) is 1. The van der Waals surface area contributed by atoms with Crippen LogP contribution in [0, 0.1) is 0 Å². The van der Waals surface area contributed by atoms with Gasteiger partial charge in [0, 0.05) is 12.1 Å². The number of hydrogen-bond donors (Lipinski definition) is 2. The van der Waals surface area contributed by atoms with Gasteiger partial charge < -0.3 is 20.7 Å². The van der Waals surface area contributed by atoms with E-state index in [1.54, 1.807) is 12.1 Å². The molecule has 108 valence electrons. The molecule has 6 nitrogen and oxygen atoms in total. The fraction of sp³-hybridized carbons (Fsp3) is 0.286. The molecule has 0 aliphatic rings. The third kappa shape index (κ3) is 4.74. The van der Waals surface area contributed by atoms with Crippen LogP contribution in [-0.2, 0) is 4.79 Å². The summed E-state index contributed by atoms with van der Waals surface area (Å²) in [6, 6.07) is 4.64. The van der Waals surface area contributed by atoms with Gasteiger partial charge in [-0.25, -0.2) is 0 Å². The largest absolute Gasteiger partial charge is 0.490 e. The Morgan fingerprint density at radius 1 is 1.45 bits per heavy atom. The van der Waals surface area contributed by atoms with Crippen LogP contribution in [-0.4, -0.2) is 44.0 Å². The lowest BCUT2D eigenvalue weighted by atomic mass is 10.1. The molecule has 0 atom stereocenters. The average Bonchev–Trinajstić information content (AvgIpc) is 2.39. The molecule has 1 aromatic carbocycles. The second kappa shape index (κ2) is 7.30. The first kappa shape index (κ1) is 15.7. The highest BCUT2D eigenvalue weighted by atomic mass is 16.5. The number of hydrogen-bond acceptors (Lipinski definition) is 4. The van der Waals surface area contributed by atoms with Crippen molar-refractivity contribution in [2.45, 2.75) is 0 Å². The molecular weight excluding hydrogens is 258 g/mol. The number of nitrogens with zero attached hydrogens (tertiary/aromatic N) is 1. The van der Waals surface area contributed by atoms with Crippen molar-refractivity contribution in [3.8, 4) is 5.75 Å². The summed E-state index contributed by atoms with van der Waals surface area (Å²) < 4.78 is 5.59. The molecule has 3 N–H and O–H groups in total. The maximum atomic E-state index is 11.4. The molecule has 0 saturated carbocycles. The van der Waals surface area contributed by atoms with Crippen LogP contribution in [0.4, 0.5) is 5.69 Å². The van der Waals surface area contributed by atoms with Gasteiger partial charge in [0.1, 0.15) is 12.4 Å². The van der Waals surface area contributed by atoms with E-state index in [0.717, 1.165) is 12.6 Å². The minimum absolute atomic E-state index is 0.296. The number of rotatable bonds is 7. The number of anilines is 1. The maximum Gasteiger partial charge on any atom is 0.248 e. The van der Waals surface area contributed by atoms with Crippen LogP contribution < -0.4 is 15.8 Å². The van der Waals surface area contributed by atoms with Crippen molar-refractivity contribution in [2.75, 3.05) is 32.6 Å². The molecule has 1 aromatic rings. The van der Waals surface area contributed by atoms with E-state index in [-0.39, 0.29) is 5.91 Å². The lowest BCUT2D eigenvalue weighted by Crippen LogP contribution is -2.20. The SMILES string of the molecule is C=CC(=O)Nc1cc(C(N)=O)ccc1OCCN(C)C. The van der Waals surface area contributed by atoms with Gasteiger partial charge in [-0.3, -0.25) is 9.59 Å². The Morgan fingerprint density at radius 2 is 2.15 bits per heavy atom. The van der Waals surface area contributed by atoms with Gasteiger partial charge in [0.15, 0.2) is 0 Å². The number of nitrogens with one attached hydrogen (secondary N) is 1. The fourth-order valence-electron chi connectivity index (χ4n) is 1.43. The normalized spacial score (nSPS) is 10.2. The number of ether oxygens (including phenoxy) is 1. The summed E-state index contributed by atoms with van der Waals surface area (Å²) in [6.45, 7) is 4.56. The van der Waals surface area contributed by atoms with Crippen LogP contribution in [0.3, 0.4) is 0 Å². The number of benzene rings is 1. The van der Waals surface area contributed by atoms with E-state index in [4.69, 9.17) is 10.5 Å². The highest BCUT2D eigenvalue weighted by Crippen LogP contribution is 2.25. The zero-order chi connectivity index (χ0) is 15.1. The van der Waals surface area contributed by atoms with E-state index < -0.39 is 5.91 Å². The average molecular weight is 277 g/mol. The Labute approximate surface area is 118 Å². The van der Waals surface area contributed by atoms with Crippen molar-refractivity contribution in [3.63, 3.8) is 0 Å².